The van der Waals surface area contributed by atoms with Crippen LogP contribution in [-0.2, 0) is 6.42 Å². The van der Waals surface area contributed by atoms with Gasteiger partial charge in [-0.25, -0.2) is 0 Å². The van der Waals surface area contributed by atoms with E-state index in [-0.39, 0.29) is 0 Å². The van der Waals surface area contributed by atoms with E-state index in [1.807, 2.05) is 6.92 Å². The van der Waals surface area contributed by atoms with Gasteiger partial charge in [0.05, 0.1) is 23.8 Å². The Labute approximate surface area is 99.5 Å². The molecule has 3 nitrogen and oxygen atoms in total. The fourth-order valence-electron chi connectivity index (χ4n) is 1.80. The molecule has 0 amide bonds. The number of hydrogen-bond acceptors (Lipinski definition) is 3. The van der Waals surface area contributed by atoms with Gasteiger partial charge in [0.25, 0.3) is 0 Å². The summed E-state index contributed by atoms with van der Waals surface area (Å²) in [5.74, 6) is 1.33. The first-order valence-corrected chi connectivity index (χ1v) is 5.66. The van der Waals surface area contributed by atoms with Crippen LogP contribution in [0, 0.1) is 11.3 Å². The van der Waals surface area contributed by atoms with Gasteiger partial charge in [-0.3, -0.25) is 0 Å². The summed E-state index contributed by atoms with van der Waals surface area (Å²) in [6.45, 7) is 3.21. The van der Waals surface area contributed by atoms with Crippen molar-refractivity contribution in [1.82, 2.24) is 0 Å². The summed E-state index contributed by atoms with van der Waals surface area (Å²) in [5, 5.41) is 9.51. The third-order valence-corrected chi connectivity index (χ3v) is 2.85. The molecular weight excluding hydrogens is 226 g/mol. The third kappa shape index (κ3) is 1.81. The molecule has 0 atom stereocenters. The molecule has 0 aromatic heterocycles. The molecule has 0 bridgehead atoms. The van der Waals surface area contributed by atoms with Crippen molar-refractivity contribution in [3.63, 3.8) is 0 Å². The van der Waals surface area contributed by atoms with Gasteiger partial charge in [0.1, 0.15) is 6.07 Å². The van der Waals surface area contributed by atoms with Crippen molar-refractivity contribution >= 4 is 11.6 Å². The first kappa shape index (κ1) is 11.1. The molecule has 0 fully saturated rings. The first-order valence-electron chi connectivity index (χ1n) is 5.29. The molecular formula is C12H12ClNO2. The highest BCUT2D eigenvalue weighted by Gasteiger charge is 2.20. The molecule has 1 heterocycles. The number of ether oxygens (including phenoxy) is 2. The molecule has 0 saturated heterocycles. The van der Waals surface area contributed by atoms with Crippen LogP contribution in [0.25, 0.3) is 0 Å². The fourth-order valence-corrected chi connectivity index (χ4v) is 2.05. The molecule has 0 radical (unpaired) electrons. The van der Waals surface area contributed by atoms with Gasteiger partial charge in [-0.1, -0.05) is 18.5 Å². The highest BCUT2D eigenvalue weighted by molar-refractivity contribution is 6.32. The lowest BCUT2D eigenvalue weighted by Gasteiger charge is -2.13. The number of nitrogens with zero attached hydrogens (tertiary/aromatic N) is 1. The maximum absolute atomic E-state index is 9.07. The number of halogens is 1. The number of rotatable bonds is 1. The van der Waals surface area contributed by atoms with E-state index in [0.29, 0.717) is 41.7 Å². The molecule has 84 valence electrons. The van der Waals surface area contributed by atoms with E-state index >= 15 is 0 Å². The van der Waals surface area contributed by atoms with Crippen LogP contribution < -0.4 is 9.47 Å². The molecule has 0 aliphatic carbocycles. The van der Waals surface area contributed by atoms with Gasteiger partial charge in [-0.2, -0.15) is 5.26 Å². The third-order valence-electron chi connectivity index (χ3n) is 2.55. The van der Waals surface area contributed by atoms with E-state index in [1.54, 1.807) is 6.07 Å². The molecule has 2 rings (SSSR count). The van der Waals surface area contributed by atoms with Crippen LogP contribution in [0.3, 0.4) is 0 Å². The highest BCUT2D eigenvalue weighted by Crippen LogP contribution is 2.39. The molecule has 0 N–H and O–H groups in total. The summed E-state index contributed by atoms with van der Waals surface area (Å²) in [5.41, 5.74) is 1.33. The Balaban J connectivity index is 2.62. The van der Waals surface area contributed by atoms with Crippen LogP contribution in [0.1, 0.15) is 24.5 Å². The monoisotopic (exact) mass is 237 g/mol. The molecule has 0 spiro atoms. The van der Waals surface area contributed by atoms with Gasteiger partial charge in [0.2, 0.25) is 0 Å². The van der Waals surface area contributed by atoms with Gasteiger partial charge in [0.15, 0.2) is 11.5 Å². The second-order valence-corrected chi connectivity index (χ2v) is 3.96. The van der Waals surface area contributed by atoms with Gasteiger partial charge in [0, 0.05) is 18.1 Å². The van der Waals surface area contributed by atoms with Crippen LogP contribution in [-0.4, -0.2) is 13.2 Å². The van der Waals surface area contributed by atoms with E-state index in [4.69, 9.17) is 26.3 Å². The van der Waals surface area contributed by atoms with Crippen molar-refractivity contribution in [1.29, 1.82) is 5.26 Å². The average molecular weight is 238 g/mol. The van der Waals surface area contributed by atoms with Crippen molar-refractivity contribution in [2.75, 3.05) is 13.2 Å². The average Bonchev–Trinajstić information content (AvgIpc) is 2.52. The Morgan fingerprint density at radius 3 is 2.88 bits per heavy atom. The Morgan fingerprint density at radius 1 is 1.44 bits per heavy atom. The minimum Gasteiger partial charge on any atom is -0.489 e. The maximum Gasteiger partial charge on any atom is 0.165 e. The number of hydrogen-bond donors (Lipinski definition) is 0. The smallest absolute Gasteiger partial charge is 0.165 e. The summed E-state index contributed by atoms with van der Waals surface area (Å²) in [6, 6.07) is 3.78. The van der Waals surface area contributed by atoms with E-state index in [1.165, 1.54) is 0 Å². The summed E-state index contributed by atoms with van der Waals surface area (Å²) in [7, 11) is 0. The van der Waals surface area contributed by atoms with E-state index < -0.39 is 0 Å². The molecule has 1 aliphatic rings. The first-order chi connectivity index (χ1) is 7.77. The molecule has 16 heavy (non-hydrogen) atoms. The van der Waals surface area contributed by atoms with Gasteiger partial charge < -0.3 is 9.47 Å². The van der Waals surface area contributed by atoms with Crippen molar-refractivity contribution < 1.29 is 9.47 Å². The number of nitriles is 1. The van der Waals surface area contributed by atoms with Gasteiger partial charge >= 0.3 is 0 Å². The van der Waals surface area contributed by atoms with Gasteiger partial charge in [-0.05, 0) is 6.42 Å². The lowest BCUT2D eigenvalue weighted by Crippen LogP contribution is -2.00. The van der Waals surface area contributed by atoms with Crippen molar-refractivity contribution in [2.24, 2.45) is 0 Å². The lowest BCUT2D eigenvalue weighted by atomic mass is 10.0. The quantitative estimate of drug-likeness (QED) is 0.754. The largest absolute Gasteiger partial charge is 0.489 e. The molecule has 1 aromatic carbocycles. The van der Waals surface area contributed by atoms with Crippen LogP contribution in [0.15, 0.2) is 6.07 Å². The highest BCUT2D eigenvalue weighted by atomic mass is 35.5. The molecule has 1 aromatic rings. The Hall–Kier alpha value is -1.40. The maximum atomic E-state index is 9.07. The standard InChI is InChI=1S/C12H12ClNO2/c1-2-8-9(7-14)10(13)6-11-12(8)16-5-3-4-15-11/h6H,2-5H2,1H3. The van der Waals surface area contributed by atoms with E-state index in [2.05, 4.69) is 6.07 Å². The van der Waals surface area contributed by atoms with E-state index in [0.717, 1.165) is 12.0 Å². The zero-order valence-electron chi connectivity index (χ0n) is 9.05. The Bertz CT molecular complexity index is 451. The number of benzene rings is 1. The van der Waals surface area contributed by atoms with Crippen LogP contribution in [0.4, 0.5) is 0 Å². The second-order valence-electron chi connectivity index (χ2n) is 3.56. The molecule has 4 heteroatoms. The van der Waals surface area contributed by atoms with E-state index in [9.17, 15) is 0 Å². The predicted octanol–water partition coefficient (Wildman–Crippen LogP) is 2.94. The van der Waals surface area contributed by atoms with Crippen molar-refractivity contribution in [2.45, 2.75) is 19.8 Å². The lowest BCUT2D eigenvalue weighted by molar-refractivity contribution is 0.296. The Morgan fingerprint density at radius 2 is 2.19 bits per heavy atom. The topological polar surface area (TPSA) is 42.2 Å². The SMILES string of the molecule is CCc1c(C#N)c(Cl)cc2c1OCCCO2. The van der Waals surface area contributed by atoms with Crippen molar-refractivity contribution in [3.8, 4) is 17.6 Å². The minimum absolute atomic E-state index is 0.434. The summed E-state index contributed by atoms with van der Waals surface area (Å²) >= 11 is 6.04. The fraction of sp³-hybridized carbons (Fsp3) is 0.417. The molecule has 1 aliphatic heterocycles. The Kier molecular flexibility index (Phi) is 3.21. The van der Waals surface area contributed by atoms with Crippen LogP contribution in [0.2, 0.25) is 5.02 Å². The van der Waals surface area contributed by atoms with Crippen LogP contribution >= 0.6 is 11.6 Å². The zero-order chi connectivity index (χ0) is 11.5. The molecule has 0 unspecified atom stereocenters. The number of fused-ring (bicyclic) bond motifs is 1. The second kappa shape index (κ2) is 4.63. The summed E-state index contributed by atoms with van der Waals surface area (Å²) in [6.07, 6.45) is 1.55. The zero-order valence-corrected chi connectivity index (χ0v) is 9.80. The molecule has 0 saturated carbocycles. The predicted molar refractivity (Wildman–Crippen MR) is 61.2 cm³/mol. The normalized spacial score (nSPS) is 14.1. The minimum atomic E-state index is 0.434. The van der Waals surface area contributed by atoms with Crippen molar-refractivity contribution in [3.05, 3.63) is 22.2 Å². The van der Waals surface area contributed by atoms with Crippen LogP contribution in [0.5, 0.6) is 11.5 Å². The summed E-state index contributed by atoms with van der Waals surface area (Å²) in [4.78, 5) is 0. The van der Waals surface area contributed by atoms with Gasteiger partial charge in [-0.15, -0.1) is 0 Å². The summed E-state index contributed by atoms with van der Waals surface area (Å²) < 4.78 is 11.2.